The molecule has 1 aromatic rings. The van der Waals surface area contributed by atoms with E-state index in [9.17, 15) is 8.42 Å². The summed E-state index contributed by atoms with van der Waals surface area (Å²) in [6.45, 7) is 7.06. The maximum absolute atomic E-state index is 12.5. The highest BCUT2D eigenvalue weighted by Crippen LogP contribution is 2.25. The van der Waals surface area contributed by atoms with Crippen LogP contribution in [-0.4, -0.2) is 33.4 Å². The molecule has 1 aromatic carbocycles. The maximum Gasteiger partial charge on any atom is 0.242 e. The van der Waals surface area contributed by atoms with E-state index < -0.39 is 10.0 Å². The van der Waals surface area contributed by atoms with Crippen molar-refractivity contribution in [2.45, 2.75) is 32.2 Å². The molecule has 1 rings (SSSR count). The van der Waals surface area contributed by atoms with Crippen LogP contribution in [0.2, 0.25) is 5.02 Å². The monoisotopic (exact) mass is 318 g/mol. The van der Waals surface area contributed by atoms with Gasteiger partial charge in [0.05, 0.1) is 4.90 Å². The summed E-state index contributed by atoms with van der Waals surface area (Å²) in [5, 5.41) is 3.46. The number of halogens is 1. The molecule has 0 spiro atoms. The summed E-state index contributed by atoms with van der Waals surface area (Å²) in [4.78, 5) is 0.231. The van der Waals surface area contributed by atoms with Crippen LogP contribution in [0.1, 0.15) is 26.3 Å². The minimum Gasteiger partial charge on any atom is -0.316 e. The highest BCUT2D eigenvalue weighted by molar-refractivity contribution is 7.89. The molecule has 0 radical (unpaired) electrons. The van der Waals surface area contributed by atoms with Crippen LogP contribution in [0.5, 0.6) is 0 Å². The van der Waals surface area contributed by atoms with Gasteiger partial charge in [0, 0.05) is 25.2 Å². The fourth-order valence-corrected chi connectivity index (χ4v) is 3.69. The van der Waals surface area contributed by atoms with E-state index in [-0.39, 0.29) is 10.3 Å². The summed E-state index contributed by atoms with van der Waals surface area (Å²) >= 11 is 6.13. The summed E-state index contributed by atoms with van der Waals surface area (Å²) in [7, 11) is -0.0871. The molecule has 0 atom stereocenters. The molecule has 0 fully saturated rings. The molecule has 0 amide bonds. The van der Waals surface area contributed by atoms with Gasteiger partial charge in [-0.05, 0) is 30.2 Å². The van der Waals surface area contributed by atoms with Crippen molar-refractivity contribution in [1.29, 1.82) is 0 Å². The summed E-state index contributed by atoms with van der Waals surface area (Å²) in [6.07, 6.45) is 0. The Morgan fingerprint density at radius 3 is 2.35 bits per heavy atom. The zero-order valence-electron chi connectivity index (χ0n) is 12.7. The van der Waals surface area contributed by atoms with Gasteiger partial charge in [0.25, 0.3) is 0 Å². The first-order valence-corrected chi connectivity index (χ1v) is 8.29. The fourth-order valence-electron chi connectivity index (χ4n) is 1.96. The lowest BCUT2D eigenvalue weighted by Gasteiger charge is -2.26. The molecule has 20 heavy (non-hydrogen) atoms. The predicted octanol–water partition coefficient (Wildman–Crippen LogP) is 2.73. The molecule has 1 N–H and O–H groups in total. The van der Waals surface area contributed by atoms with Gasteiger partial charge in [-0.2, -0.15) is 0 Å². The molecule has 0 unspecified atom stereocenters. The van der Waals surface area contributed by atoms with Gasteiger partial charge in [-0.25, -0.2) is 12.7 Å². The van der Waals surface area contributed by atoms with Crippen LogP contribution in [0.4, 0.5) is 0 Å². The molecular weight excluding hydrogens is 296 g/mol. The van der Waals surface area contributed by atoms with Crippen LogP contribution in [0.15, 0.2) is 23.1 Å². The summed E-state index contributed by atoms with van der Waals surface area (Å²) in [6, 6.07) is 4.87. The van der Waals surface area contributed by atoms with Gasteiger partial charge in [-0.3, -0.25) is 0 Å². The quantitative estimate of drug-likeness (QED) is 0.908. The third-order valence-corrected chi connectivity index (χ3v) is 4.95. The highest BCUT2D eigenvalue weighted by Gasteiger charge is 2.25. The summed E-state index contributed by atoms with van der Waals surface area (Å²) < 4.78 is 26.3. The molecule has 0 bridgehead atoms. The second kappa shape index (κ2) is 6.43. The SMILES string of the molecule is CNCc1ccc(S(=O)(=O)N(C)CC(C)(C)C)cc1Cl. The summed E-state index contributed by atoms with van der Waals surface area (Å²) in [5.41, 5.74) is 0.782. The van der Waals surface area contributed by atoms with E-state index in [1.807, 2.05) is 27.8 Å². The van der Waals surface area contributed by atoms with Crippen molar-refractivity contribution in [3.8, 4) is 0 Å². The Labute approximate surface area is 127 Å². The average molecular weight is 319 g/mol. The van der Waals surface area contributed by atoms with E-state index in [0.29, 0.717) is 18.1 Å². The fraction of sp³-hybridized carbons (Fsp3) is 0.571. The van der Waals surface area contributed by atoms with E-state index in [2.05, 4.69) is 5.32 Å². The van der Waals surface area contributed by atoms with Gasteiger partial charge in [0.15, 0.2) is 0 Å². The Balaban J connectivity index is 3.07. The maximum atomic E-state index is 12.5. The first kappa shape index (κ1) is 17.4. The van der Waals surface area contributed by atoms with Crippen molar-refractivity contribution >= 4 is 21.6 Å². The van der Waals surface area contributed by atoms with E-state index in [4.69, 9.17) is 11.6 Å². The van der Waals surface area contributed by atoms with E-state index in [1.54, 1.807) is 19.2 Å². The van der Waals surface area contributed by atoms with Crippen LogP contribution in [0.3, 0.4) is 0 Å². The molecule has 0 aliphatic rings. The minimum atomic E-state index is -3.50. The molecule has 6 heteroatoms. The second-order valence-corrected chi connectivity index (χ2v) is 8.56. The highest BCUT2D eigenvalue weighted by atomic mass is 35.5. The third kappa shape index (κ3) is 4.45. The van der Waals surface area contributed by atoms with Gasteiger partial charge in [0.1, 0.15) is 0 Å². The molecule has 114 valence electrons. The minimum absolute atomic E-state index is 0.0995. The van der Waals surface area contributed by atoms with Crippen LogP contribution < -0.4 is 5.32 Å². The average Bonchev–Trinajstić information content (AvgIpc) is 2.29. The normalized spacial score (nSPS) is 12.9. The smallest absolute Gasteiger partial charge is 0.242 e. The zero-order valence-corrected chi connectivity index (χ0v) is 14.3. The molecule has 0 aliphatic heterocycles. The Morgan fingerprint density at radius 1 is 1.30 bits per heavy atom. The van der Waals surface area contributed by atoms with Crippen LogP contribution in [-0.2, 0) is 16.6 Å². The van der Waals surface area contributed by atoms with E-state index in [0.717, 1.165) is 5.56 Å². The molecular formula is C14H23ClN2O2S. The van der Waals surface area contributed by atoms with Gasteiger partial charge >= 0.3 is 0 Å². The number of rotatable bonds is 5. The van der Waals surface area contributed by atoms with Crippen molar-refractivity contribution in [2.24, 2.45) is 5.41 Å². The van der Waals surface area contributed by atoms with Gasteiger partial charge in [-0.15, -0.1) is 0 Å². The topological polar surface area (TPSA) is 49.4 Å². The standard InChI is InChI=1S/C14H23ClN2O2S/c1-14(2,3)10-17(5)20(18,19)12-7-6-11(9-16-4)13(15)8-12/h6-8,16H,9-10H2,1-5H3. The Bertz CT molecular complexity index is 565. The predicted molar refractivity (Wildman–Crippen MR) is 83.5 cm³/mol. The lowest BCUT2D eigenvalue weighted by molar-refractivity contribution is 0.311. The molecule has 0 heterocycles. The van der Waals surface area contributed by atoms with Gasteiger partial charge in [-0.1, -0.05) is 38.4 Å². The Kier molecular flexibility index (Phi) is 5.61. The van der Waals surface area contributed by atoms with Crippen molar-refractivity contribution in [2.75, 3.05) is 20.6 Å². The van der Waals surface area contributed by atoms with E-state index >= 15 is 0 Å². The largest absolute Gasteiger partial charge is 0.316 e. The Morgan fingerprint density at radius 2 is 1.90 bits per heavy atom. The molecule has 0 aliphatic carbocycles. The molecule has 0 aromatic heterocycles. The summed E-state index contributed by atoms with van der Waals surface area (Å²) in [5.74, 6) is 0. The second-order valence-electron chi connectivity index (χ2n) is 6.11. The number of benzene rings is 1. The van der Waals surface area contributed by atoms with E-state index in [1.165, 1.54) is 10.4 Å². The van der Waals surface area contributed by atoms with Crippen LogP contribution in [0, 0.1) is 5.41 Å². The van der Waals surface area contributed by atoms with Crippen molar-refractivity contribution in [1.82, 2.24) is 9.62 Å². The number of sulfonamides is 1. The van der Waals surface area contributed by atoms with Crippen molar-refractivity contribution < 1.29 is 8.42 Å². The first-order valence-electron chi connectivity index (χ1n) is 6.47. The lowest BCUT2D eigenvalue weighted by atomic mass is 9.97. The number of nitrogens with zero attached hydrogens (tertiary/aromatic N) is 1. The van der Waals surface area contributed by atoms with Gasteiger partial charge < -0.3 is 5.32 Å². The van der Waals surface area contributed by atoms with Gasteiger partial charge in [0.2, 0.25) is 10.0 Å². The molecule has 0 saturated heterocycles. The number of hydrogen-bond acceptors (Lipinski definition) is 3. The Hall–Kier alpha value is -0.620. The first-order chi connectivity index (χ1) is 9.08. The lowest BCUT2D eigenvalue weighted by Crippen LogP contribution is -2.34. The number of nitrogens with one attached hydrogen (secondary N) is 1. The van der Waals surface area contributed by atoms with Crippen LogP contribution >= 0.6 is 11.6 Å². The molecule has 4 nitrogen and oxygen atoms in total. The van der Waals surface area contributed by atoms with Crippen molar-refractivity contribution in [3.05, 3.63) is 28.8 Å². The molecule has 0 saturated carbocycles. The van der Waals surface area contributed by atoms with Crippen LogP contribution in [0.25, 0.3) is 0 Å². The number of hydrogen-bond donors (Lipinski definition) is 1. The van der Waals surface area contributed by atoms with Crippen molar-refractivity contribution in [3.63, 3.8) is 0 Å². The third-order valence-electron chi connectivity index (χ3n) is 2.80. The zero-order chi connectivity index (χ0) is 15.6.